The zero-order chi connectivity index (χ0) is 13.2. The number of anilines is 1. The first-order valence-corrected chi connectivity index (χ1v) is 7.93. The topological polar surface area (TPSA) is 49.4 Å². The van der Waals surface area contributed by atoms with Crippen molar-refractivity contribution in [1.29, 1.82) is 0 Å². The summed E-state index contributed by atoms with van der Waals surface area (Å²) in [5.41, 5.74) is 0.866. The zero-order valence-electron chi connectivity index (χ0n) is 10.2. The average Bonchev–Trinajstić information content (AvgIpc) is 2.69. The van der Waals surface area contributed by atoms with Crippen LogP contribution in [0.3, 0.4) is 0 Å². The minimum absolute atomic E-state index is 0.260. The van der Waals surface area contributed by atoms with E-state index in [1.165, 1.54) is 0 Å². The summed E-state index contributed by atoms with van der Waals surface area (Å²) in [6.45, 7) is 0. The van der Waals surface area contributed by atoms with Crippen LogP contribution in [-0.4, -0.2) is 36.6 Å². The van der Waals surface area contributed by atoms with Crippen LogP contribution in [0.2, 0.25) is 0 Å². The van der Waals surface area contributed by atoms with Gasteiger partial charge in [0.25, 0.3) is 0 Å². The van der Waals surface area contributed by atoms with Crippen molar-refractivity contribution < 1.29 is 8.42 Å². The summed E-state index contributed by atoms with van der Waals surface area (Å²) in [5.74, 6) is 0.260. The number of sulfone groups is 1. The molecular weight excluding hydrogens is 268 g/mol. The molecule has 0 aliphatic carbocycles. The second-order valence-corrected chi connectivity index (χ2v) is 7.04. The minimum atomic E-state index is -3.03. The van der Waals surface area contributed by atoms with Gasteiger partial charge in [-0.1, -0.05) is 18.2 Å². The Bertz CT molecular complexity index is 528. The smallest absolute Gasteiger partial charge is 0.174 e. The minimum Gasteiger partial charge on any atom is -0.335 e. The van der Waals surface area contributed by atoms with Gasteiger partial charge in [0, 0.05) is 12.7 Å². The van der Waals surface area contributed by atoms with Crippen LogP contribution in [0.25, 0.3) is 0 Å². The molecule has 0 amide bonds. The molecule has 6 heteroatoms. The highest BCUT2D eigenvalue weighted by molar-refractivity contribution is 7.92. The van der Waals surface area contributed by atoms with E-state index in [-0.39, 0.29) is 5.75 Å². The van der Waals surface area contributed by atoms with E-state index in [1.54, 1.807) is 11.9 Å². The maximum absolute atomic E-state index is 11.8. The van der Waals surface area contributed by atoms with Gasteiger partial charge in [0.2, 0.25) is 0 Å². The van der Waals surface area contributed by atoms with E-state index >= 15 is 0 Å². The Balaban J connectivity index is 2.06. The van der Waals surface area contributed by atoms with Crippen LogP contribution >= 0.6 is 12.2 Å². The van der Waals surface area contributed by atoms with Crippen molar-refractivity contribution in [2.45, 2.75) is 18.2 Å². The maximum Gasteiger partial charge on any atom is 0.174 e. The van der Waals surface area contributed by atoms with Gasteiger partial charge in [0.15, 0.2) is 14.9 Å². The predicted molar refractivity (Wildman–Crippen MR) is 77.2 cm³/mol. The Morgan fingerprint density at radius 3 is 2.61 bits per heavy atom. The summed E-state index contributed by atoms with van der Waals surface area (Å²) in [6, 6.07) is 9.50. The number of hydrogen-bond acceptors (Lipinski definition) is 3. The molecule has 1 saturated heterocycles. The molecule has 1 fully saturated rings. The summed E-state index contributed by atoms with van der Waals surface area (Å²) in [6.07, 6.45) is 1.36. The lowest BCUT2D eigenvalue weighted by Crippen LogP contribution is -2.42. The first kappa shape index (κ1) is 13.3. The second-order valence-electron chi connectivity index (χ2n) is 4.37. The Labute approximate surface area is 113 Å². The van der Waals surface area contributed by atoms with Gasteiger partial charge in [-0.05, 0) is 37.2 Å². The molecule has 1 aromatic carbocycles. The number of hydrogen-bond donors (Lipinski definition) is 1. The normalized spacial score (nSPS) is 21.5. The molecule has 18 heavy (non-hydrogen) atoms. The summed E-state index contributed by atoms with van der Waals surface area (Å²) in [7, 11) is -1.30. The lowest BCUT2D eigenvalue weighted by Gasteiger charge is -2.26. The molecule has 1 aliphatic heterocycles. The van der Waals surface area contributed by atoms with Crippen molar-refractivity contribution in [3.05, 3.63) is 30.3 Å². The Hall–Kier alpha value is -1.14. The van der Waals surface area contributed by atoms with Gasteiger partial charge in [-0.2, -0.15) is 0 Å². The highest BCUT2D eigenvalue weighted by Gasteiger charge is 2.35. The molecule has 0 radical (unpaired) electrons. The standard InChI is InChI=1S/C12H16N2O2S2/c1-14(11-8-5-9-18(11,15)16)12(17)13-10-6-3-2-4-7-10/h2-4,6-7,11H,5,8-9H2,1H3,(H,13,17). The summed E-state index contributed by atoms with van der Waals surface area (Å²) in [5, 5.41) is 3.01. The fourth-order valence-electron chi connectivity index (χ4n) is 2.07. The number of nitrogens with zero attached hydrogens (tertiary/aromatic N) is 1. The molecule has 1 heterocycles. The quantitative estimate of drug-likeness (QED) is 0.840. The van der Waals surface area contributed by atoms with E-state index in [9.17, 15) is 8.42 Å². The van der Waals surface area contributed by atoms with Crippen LogP contribution in [0.4, 0.5) is 5.69 Å². The fraction of sp³-hybridized carbons (Fsp3) is 0.417. The predicted octanol–water partition coefficient (Wildman–Crippen LogP) is 1.85. The molecule has 2 rings (SSSR count). The SMILES string of the molecule is CN(C(=S)Nc1ccccc1)C1CCCS1(=O)=O. The largest absolute Gasteiger partial charge is 0.335 e. The number of rotatable bonds is 2. The van der Waals surface area contributed by atoms with Crippen LogP contribution in [0.1, 0.15) is 12.8 Å². The van der Waals surface area contributed by atoms with Crippen molar-refractivity contribution in [1.82, 2.24) is 4.90 Å². The highest BCUT2D eigenvalue weighted by Crippen LogP contribution is 2.23. The Morgan fingerprint density at radius 1 is 1.39 bits per heavy atom. The molecule has 1 aromatic rings. The van der Waals surface area contributed by atoms with Crippen molar-refractivity contribution >= 4 is 32.9 Å². The summed E-state index contributed by atoms with van der Waals surface area (Å²) in [4.78, 5) is 1.64. The fourth-order valence-corrected chi connectivity index (χ4v) is 4.34. The van der Waals surface area contributed by atoms with Crippen molar-refractivity contribution in [3.8, 4) is 0 Å². The van der Waals surface area contributed by atoms with Crippen molar-refractivity contribution in [2.24, 2.45) is 0 Å². The van der Waals surface area contributed by atoms with Crippen LogP contribution in [0.5, 0.6) is 0 Å². The molecule has 1 aliphatic rings. The number of nitrogens with one attached hydrogen (secondary N) is 1. The van der Waals surface area contributed by atoms with Crippen LogP contribution in [0.15, 0.2) is 30.3 Å². The number of para-hydroxylation sites is 1. The van der Waals surface area contributed by atoms with Gasteiger partial charge in [-0.25, -0.2) is 8.42 Å². The molecule has 0 spiro atoms. The monoisotopic (exact) mass is 284 g/mol. The van der Waals surface area contributed by atoms with Crippen LogP contribution in [-0.2, 0) is 9.84 Å². The summed E-state index contributed by atoms with van der Waals surface area (Å²) < 4.78 is 23.7. The van der Waals surface area contributed by atoms with Gasteiger partial charge < -0.3 is 10.2 Å². The van der Waals surface area contributed by atoms with E-state index in [2.05, 4.69) is 5.32 Å². The first-order valence-electron chi connectivity index (χ1n) is 5.81. The van der Waals surface area contributed by atoms with Crippen molar-refractivity contribution in [3.63, 3.8) is 0 Å². The van der Waals surface area contributed by atoms with Crippen LogP contribution in [0, 0.1) is 0 Å². The highest BCUT2D eigenvalue weighted by atomic mass is 32.2. The van der Waals surface area contributed by atoms with E-state index in [4.69, 9.17) is 12.2 Å². The summed E-state index contributed by atoms with van der Waals surface area (Å²) >= 11 is 5.25. The van der Waals surface area contributed by atoms with Gasteiger partial charge in [-0.15, -0.1) is 0 Å². The van der Waals surface area contributed by atoms with Gasteiger partial charge in [0.05, 0.1) is 5.75 Å². The van der Waals surface area contributed by atoms with E-state index in [0.717, 1.165) is 5.69 Å². The number of benzene rings is 1. The molecule has 1 atom stereocenters. The van der Waals surface area contributed by atoms with Gasteiger partial charge in [-0.3, -0.25) is 0 Å². The third-order valence-corrected chi connectivity index (χ3v) is 5.70. The molecule has 0 aromatic heterocycles. The van der Waals surface area contributed by atoms with Gasteiger partial charge >= 0.3 is 0 Å². The molecule has 1 N–H and O–H groups in total. The molecule has 1 unspecified atom stereocenters. The molecular formula is C12H16N2O2S2. The number of thiocarbonyl (C=S) groups is 1. The zero-order valence-corrected chi connectivity index (χ0v) is 11.8. The third kappa shape index (κ3) is 2.81. The Kier molecular flexibility index (Phi) is 3.87. The second kappa shape index (κ2) is 5.24. The van der Waals surface area contributed by atoms with Crippen LogP contribution < -0.4 is 5.32 Å². The van der Waals surface area contributed by atoms with E-state index in [1.807, 2.05) is 30.3 Å². The molecule has 98 valence electrons. The maximum atomic E-state index is 11.8. The van der Waals surface area contributed by atoms with Crippen molar-refractivity contribution in [2.75, 3.05) is 18.1 Å². The molecule has 0 saturated carbocycles. The average molecular weight is 284 g/mol. The first-order chi connectivity index (χ1) is 8.50. The lowest BCUT2D eigenvalue weighted by atomic mass is 10.3. The molecule has 0 bridgehead atoms. The lowest BCUT2D eigenvalue weighted by molar-refractivity contribution is 0.444. The van der Waals surface area contributed by atoms with E-state index < -0.39 is 15.2 Å². The molecule has 4 nitrogen and oxygen atoms in total. The third-order valence-electron chi connectivity index (χ3n) is 3.07. The van der Waals surface area contributed by atoms with Gasteiger partial charge in [0.1, 0.15) is 5.37 Å². The Morgan fingerprint density at radius 2 is 2.06 bits per heavy atom. The van der Waals surface area contributed by atoms with E-state index in [0.29, 0.717) is 18.0 Å².